The Labute approximate surface area is 197 Å². The molecule has 9 heteroatoms. The van der Waals surface area contributed by atoms with Crippen molar-refractivity contribution in [1.29, 1.82) is 0 Å². The van der Waals surface area contributed by atoms with Crippen LogP contribution in [-0.4, -0.2) is 21.2 Å². The number of fused-ring (bicyclic) bond motifs is 1. The quantitative estimate of drug-likeness (QED) is 0.302. The smallest absolute Gasteiger partial charge is 0.262 e. The molecule has 0 bridgehead atoms. The Balaban J connectivity index is 1.53. The SMILES string of the molecule is O=C(CSc1nc2ccccc2c(=O)n1Cc1ccc(F)cc1)NCc1ccc(F)cc1Cl. The van der Waals surface area contributed by atoms with Crippen molar-refractivity contribution in [3.63, 3.8) is 0 Å². The Bertz CT molecular complexity index is 1380. The lowest BCUT2D eigenvalue weighted by Crippen LogP contribution is -2.27. The van der Waals surface area contributed by atoms with E-state index < -0.39 is 5.82 Å². The van der Waals surface area contributed by atoms with E-state index in [4.69, 9.17) is 11.6 Å². The van der Waals surface area contributed by atoms with Crippen molar-refractivity contribution in [3.05, 3.63) is 105 Å². The minimum Gasteiger partial charge on any atom is -0.351 e. The lowest BCUT2D eigenvalue weighted by atomic mass is 10.2. The van der Waals surface area contributed by atoms with Crippen molar-refractivity contribution in [2.75, 3.05) is 5.75 Å². The summed E-state index contributed by atoms with van der Waals surface area (Å²) >= 11 is 7.12. The third-order valence-electron chi connectivity index (χ3n) is 4.90. The van der Waals surface area contributed by atoms with Crippen LogP contribution >= 0.6 is 23.4 Å². The molecule has 0 aliphatic carbocycles. The predicted molar refractivity (Wildman–Crippen MR) is 125 cm³/mol. The van der Waals surface area contributed by atoms with Crippen LogP contribution in [0, 0.1) is 11.6 Å². The standard InChI is InChI=1S/C24H18ClF2N3O2S/c25-20-11-18(27)10-7-16(20)12-28-22(31)14-33-24-29-21-4-2-1-3-19(21)23(32)30(24)13-15-5-8-17(26)9-6-15/h1-11H,12-14H2,(H,28,31). The highest BCUT2D eigenvalue weighted by molar-refractivity contribution is 7.99. The molecule has 0 fully saturated rings. The monoisotopic (exact) mass is 485 g/mol. The van der Waals surface area contributed by atoms with Gasteiger partial charge in [-0.25, -0.2) is 13.8 Å². The zero-order chi connectivity index (χ0) is 23.4. The summed E-state index contributed by atoms with van der Waals surface area (Å²) in [5, 5.41) is 3.79. The highest BCUT2D eigenvalue weighted by Gasteiger charge is 2.14. The third-order valence-corrected chi connectivity index (χ3v) is 6.23. The first-order valence-electron chi connectivity index (χ1n) is 9.98. The number of halogens is 3. The van der Waals surface area contributed by atoms with Crippen molar-refractivity contribution in [3.8, 4) is 0 Å². The van der Waals surface area contributed by atoms with Gasteiger partial charge in [0.15, 0.2) is 5.16 Å². The zero-order valence-corrected chi connectivity index (χ0v) is 18.8. The number of hydrogen-bond donors (Lipinski definition) is 1. The van der Waals surface area contributed by atoms with Crippen LogP contribution < -0.4 is 10.9 Å². The van der Waals surface area contributed by atoms with Crippen LogP contribution in [0.2, 0.25) is 5.02 Å². The van der Waals surface area contributed by atoms with Crippen molar-refractivity contribution in [2.24, 2.45) is 0 Å². The van der Waals surface area contributed by atoms with Gasteiger partial charge in [0.1, 0.15) is 11.6 Å². The molecule has 0 unspecified atom stereocenters. The van der Waals surface area contributed by atoms with Gasteiger partial charge < -0.3 is 5.32 Å². The van der Waals surface area contributed by atoms with Gasteiger partial charge in [-0.2, -0.15) is 0 Å². The fraction of sp³-hybridized carbons (Fsp3) is 0.125. The molecule has 168 valence electrons. The van der Waals surface area contributed by atoms with Gasteiger partial charge in [-0.15, -0.1) is 0 Å². The van der Waals surface area contributed by atoms with Crippen LogP contribution in [-0.2, 0) is 17.9 Å². The fourth-order valence-electron chi connectivity index (χ4n) is 3.21. The number of thioether (sulfide) groups is 1. The number of aromatic nitrogens is 2. The number of carbonyl (C=O) groups excluding carboxylic acids is 1. The maximum absolute atomic E-state index is 13.3. The second kappa shape index (κ2) is 10.1. The van der Waals surface area contributed by atoms with Crippen LogP contribution in [0.4, 0.5) is 8.78 Å². The van der Waals surface area contributed by atoms with E-state index in [1.807, 2.05) is 0 Å². The summed E-state index contributed by atoms with van der Waals surface area (Å²) in [5.74, 6) is -1.11. The van der Waals surface area contributed by atoms with Crippen LogP contribution in [0.25, 0.3) is 10.9 Å². The van der Waals surface area contributed by atoms with E-state index in [0.29, 0.717) is 21.6 Å². The van der Waals surface area contributed by atoms with Gasteiger partial charge in [0.05, 0.1) is 23.2 Å². The normalized spacial score (nSPS) is 11.0. The largest absolute Gasteiger partial charge is 0.351 e. The first-order chi connectivity index (χ1) is 15.9. The van der Waals surface area contributed by atoms with Gasteiger partial charge in [0, 0.05) is 11.6 Å². The maximum Gasteiger partial charge on any atom is 0.262 e. The summed E-state index contributed by atoms with van der Waals surface area (Å²) in [6.07, 6.45) is 0. The molecule has 0 atom stereocenters. The number of nitrogens with zero attached hydrogens (tertiary/aromatic N) is 2. The first kappa shape index (κ1) is 22.9. The Hall–Kier alpha value is -3.23. The van der Waals surface area contributed by atoms with Crippen molar-refractivity contribution < 1.29 is 13.6 Å². The lowest BCUT2D eigenvalue weighted by molar-refractivity contribution is -0.118. The molecule has 5 nitrogen and oxygen atoms in total. The second-order valence-electron chi connectivity index (χ2n) is 7.23. The van der Waals surface area contributed by atoms with E-state index in [1.165, 1.54) is 34.9 Å². The fourth-order valence-corrected chi connectivity index (χ4v) is 4.27. The highest BCUT2D eigenvalue weighted by atomic mass is 35.5. The molecule has 1 amide bonds. The van der Waals surface area contributed by atoms with Gasteiger partial charge in [-0.3, -0.25) is 14.2 Å². The van der Waals surface area contributed by atoms with E-state index in [2.05, 4.69) is 10.3 Å². The van der Waals surface area contributed by atoms with E-state index in [0.717, 1.165) is 17.3 Å². The van der Waals surface area contributed by atoms with Crippen LogP contribution in [0.1, 0.15) is 11.1 Å². The van der Waals surface area contributed by atoms with Crippen LogP contribution in [0.3, 0.4) is 0 Å². The minimum absolute atomic E-state index is 0.00696. The van der Waals surface area contributed by atoms with Crippen LogP contribution in [0.5, 0.6) is 0 Å². The molecule has 1 N–H and O–H groups in total. The zero-order valence-electron chi connectivity index (χ0n) is 17.2. The summed E-state index contributed by atoms with van der Waals surface area (Å²) < 4.78 is 27.9. The number of amides is 1. The van der Waals surface area contributed by atoms with E-state index >= 15 is 0 Å². The molecular weight excluding hydrogens is 468 g/mol. The average molecular weight is 486 g/mol. The first-order valence-corrected chi connectivity index (χ1v) is 11.3. The summed E-state index contributed by atoms with van der Waals surface area (Å²) in [6, 6.07) is 16.8. The Kier molecular flexibility index (Phi) is 7.05. The second-order valence-corrected chi connectivity index (χ2v) is 8.58. The number of para-hydroxylation sites is 1. The molecule has 0 radical (unpaired) electrons. The molecule has 0 aliphatic heterocycles. The lowest BCUT2D eigenvalue weighted by Gasteiger charge is -2.13. The van der Waals surface area contributed by atoms with Crippen LogP contribution in [0.15, 0.2) is 76.7 Å². The molecule has 4 aromatic rings. The molecule has 0 saturated carbocycles. The van der Waals surface area contributed by atoms with E-state index in [1.54, 1.807) is 36.4 Å². The molecule has 33 heavy (non-hydrogen) atoms. The Morgan fingerprint density at radius 3 is 2.52 bits per heavy atom. The number of nitrogens with one attached hydrogen (secondary N) is 1. The summed E-state index contributed by atoms with van der Waals surface area (Å²) in [5.41, 5.74) is 1.60. The predicted octanol–water partition coefficient (Wildman–Crippen LogP) is 4.78. The van der Waals surface area contributed by atoms with Crippen molar-refractivity contribution in [2.45, 2.75) is 18.2 Å². The molecule has 0 aliphatic rings. The average Bonchev–Trinajstić information content (AvgIpc) is 2.80. The number of hydrogen-bond acceptors (Lipinski definition) is 4. The van der Waals surface area contributed by atoms with E-state index in [-0.39, 0.29) is 41.1 Å². The molecule has 0 saturated heterocycles. The topological polar surface area (TPSA) is 64.0 Å². The molecule has 0 spiro atoms. The van der Waals surface area contributed by atoms with Gasteiger partial charge >= 0.3 is 0 Å². The van der Waals surface area contributed by atoms with Gasteiger partial charge in [-0.1, -0.05) is 53.7 Å². The van der Waals surface area contributed by atoms with Gasteiger partial charge in [0.25, 0.3) is 5.56 Å². The summed E-state index contributed by atoms with van der Waals surface area (Å²) in [7, 11) is 0. The maximum atomic E-state index is 13.3. The molecule has 3 aromatic carbocycles. The van der Waals surface area contributed by atoms with Crippen molar-refractivity contribution >= 4 is 40.2 Å². The molecule has 1 heterocycles. The highest BCUT2D eigenvalue weighted by Crippen LogP contribution is 2.20. The number of rotatable bonds is 7. The molecule has 1 aromatic heterocycles. The molecule has 4 rings (SSSR count). The summed E-state index contributed by atoms with van der Waals surface area (Å²) in [6.45, 7) is 0.331. The summed E-state index contributed by atoms with van der Waals surface area (Å²) in [4.78, 5) is 30.1. The molecular formula is C24H18ClF2N3O2S. The van der Waals surface area contributed by atoms with Gasteiger partial charge in [-0.05, 0) is 47.5 Å². The minimum atomic E-state index is -0.452. The van der Waals surface area contributed by atoms with Crippen molar-refractivity contribution in [1.82, 2.24) is 14.9 Å². The third kappa shape index (κ3) is 5.58. The van der Waals surface area contributed by atoms with Gasteiger partial charge in [0.2, 0.25) is 5.91 Å². The number of carbonyl (C=O) groups is 1. The Morgan fingerprint density at radius 2 is 1.76 bits per heavy atom. The van der Waals surface area contributed by atoms with E-state index in [9.17, 15) is 18.4 Å². The Morgan fingerprint density at radius 1 is 1.03 bits per heavy atom. The number of benzene rings is 3.